The van der Waals surface area contributed by atoms with Crippen LogP contribution in [-0.2, 0) is 0 Å². The molecule has 4 rings (SSSR count). The molecule has 0 bridgehead atoms. The number of likely N-dealkylation sites (N-methyl/N-ethyl adjacent to an activating group) is 1. The van der Waals surface area contributed by atoms with Crippen LogP contribution in [0.5, 0.6) is 0 Å². The van der Waals surface area contributed by atoms with E-state index in [0.29, 0.717) is 12.3 Å². The van der Waals surface area contributed by atoms with Gasteiger partial charge in [-0.3, -0.25) is 9.69 Å². The highest BCUT2D eigenvalue weighted by Crippen LogP contribution is 2.24. The summed E-state index contributed by atoms with van der Waals surface area (Å²) in [5.74, 6) is 2.07. The zero-order valence-electron chi connectivity index (χ0n) is 18.1. The molecule has 166 valence electrons. The molecule has 1 N–H and O–H groups in total. The molecule has 1 unspecified atom stereocenters. The Bertz CT molecular complexity index is 990. The molecule has 1 aromatic carbocycles. The smallest absolute Gasteiger partial charge is 0.273 e. The average Bonchev–Trinajstić information content (AvgIpc) is 3.39. The summed E-state index contributed by atoms with van der Waals surface area (Å²) >= 11 is 0. The Morgan fingerprint density at radius 1 is 1.10 bits per heavy atom. The van der Waals surface area contributed by atoms with Crippen LogP contribution in [0, 0.1) is 13.8 Å². The zero-order valence-corrected chi connectivity index (χ0v) is 18.9. The monoisotopic (exact) mass is 444 g/mol. The molecule has 1 aliphatic heterocycles. The molecule has 2 aromatic heterocycles. The number of amides is 1. The predicted molar refractivity (Wildman–Crippen MR) is 122 cm³/mol. The van der Waals surface area contributed by atoms with Crippen LogP contribution in [-0.4, -0.2) is 60.6 Å². The number of carbonyl (C=O) groups excluding carboxylic acids is 1. The van der Waals surface area contributed by atoms with Crippen molar-refractivity contribution in [2.24, 2.45) is 0 Å². The molecule has 3 heterocycles. The number of piperazine rings is 1. The van der Waals surface area contributed by atoms with Crippen LogP contribution < -0.4 is 5.32 Å². The second-order valence-corrected chi connectivity index (χ2v) is 7.96. The summed E-state index contributed by atoms with van der Waals surface area (Å²) in [6.45, 7) is 8.25. The van der Waals surface area contributed by atoms with Gasteiger partial charge in [0.2, 0.25) is 0 Å². The van der Waals surface area contributed by atoms with Crippen LogP contribution in [0.3, 0.4) is 0 Å². The van der Waals surface area contributed by atoms with Gasteiger partial charge in [-0.05, 0) is 33.0 Å². The minimum Gasteiger partial charge on any atom is -0.465 e. The summed E-state index contributed by atoms with van der Waals surface area (Å²) in [7, 11) is 2.13. The maximum atomic E-state index is 12.7. The molecule has 7 nitrogen and oxygen atoms in total. The molecule has 0 saturated carbocycles. The van der Waals surface area contributed by atoms with E-state index < -0.39 is 0 Å². The van der Waals surface area contributed by atoms with Gasteiger partial charge in [-0.25, -0.2) is 0 Å². The Hall–Kier alpha value is -2.61. The van der Waals surface area contributed by atoms with E-state index in [1.54, 1.807) is 6.07 Å². The summed E-state index contributed by atoms with van der Waals surface area (Å²) < 4.78 is 11.3. The second kappa shape index (κ2) is 10.1. The van der Waals surface area contributed by atoms with Crippen LogP contribution in [0.2, 0.25) is 0 Å². The van der Waals surface area contributed by atoms with E-state index in [1.165, 1.54) is 5.56 Å². The van der Waals surface area contributed by atoms with Crippen LogP contribution >= 0.6 is 12.4 Å². The van der Waals surface area contributed by atoms with Crippen LogP contribution in [0.15, 0.2) is 51.4 Å². The van der Waals surface area contributed by atoms with Crippen LogP contribution in [0.4, 0.5) is 0 Å². The zero-order chi connectivity index (χ0) is 21.1. The maximum Gasteiger partial charge on any atom is 0.273 e. The highest BCUT2D eigenvalue weighted by atomic mass is 35.5. The number of rotatable bonds is 6. The molecule has 3 aromatic rings. The highest BCUT2D eigenvalue weighted by molar-refractivity contribution is 5.93. The standard InChI is InChI=1S/C23H28N4O3.ClH/c1-16-4-7-18(8-5-16)22-14-19(25-30-22)23(28)24-15-20(21-9-6-17(2)29-21)27-12-10-26(3)11-13-27;/h4-9,14,20H,10-13,15H2,1-3H3,(H,24,28);1H. The quantitative estimate of drug-likeness (QED) is 0.625. The number of benzene rings is 1. The van der Waals surface area contributed by atoms with E-state index in [2.05, 4.69) is 27.3 Å². The number of carbonyl (C=O) groups is 1. The molecule has 1 fully saturated rings. The van der Waals surface area contributed by atoms with E-state index in [9.17, 15) is 4.79 Å². The summed E-state index contributed by atoms with van der Waals surface area (Å²) in [6.07, 6.45) is 0. The van der Waals surface area contributed by atoms with Gasteiger partial charge in [-0.2, -0.15) is 0 Å². The van der Waals surface area contributed by atoms with Crippen molar-refractivity contribution < 1.29 is 13.7 Å². The summed E-state index contributed by atoms with van der Waals surface area (Å²) in [6, 6.07) is 13.6. The molecular weight excluding hydrogens is 416 g/mol. The first-order valence-corrected chi connectivity index (χ1v) is 10.3. The molecule has 1 amide bonds. The largest absolute Gasteiger partial charge is 0.465 e. The van der Waals surface area contributed by atoms with E-state index in [-0.39, 0.29) is 30.0 Å². The van der Waals surface area contributed by atoms with E-state index in [0.717, 1.165) is 43.3 Å². The van der Waals surface area contributed by atoms with E-state index in [1.807, 2.05) is 50.2 Å². The molecule has 31 heavy (non-hydrogen) atoms. The summed E-state index contributed by atoms with van der Waals surface area (Å²) in [4.78, 5) is 17.4. The maximum absolute atomic E-state index is 12.7. The lowest BCUT2D eigenvalue weighted by Gasteiger charge is -2.37. The lowest BCUT2D eigenvalue weighted by atomic mass is 10.1. The molecule has 1 aliphatic rings. The SMILES string of the molecule is Cc1ccc(-c2cc(C(=O)NCC(c3ccc(C)o3)N3CCN(C)CC3)no2)cc1.Cl. The number of hydrogen-bond acceptors (Lipinski definition) is 6. The lowest BCUT2D eigenvalue weighted by Crippen LogP contribution is -2.48. The second-order valence-electron chi connectivity index (χ2n) is 7.96. The fourth-order valence-electron chi connectivity index (χ4n) is 3.69. The van der Waals surface area contributed by atoms with Gasteiger partial charge in [-0.1, -0.05) is 35.0 Å². The highest BCUT2D eigenvalue weighted by Gasteiger charge is 2.27. The molecule has 0 spiro atoms. The molecule has 1 saturated heterocycles. The van der Waals surface area contributed by atoms with E-state index >= 15 is 0 Å². The third-order valence-corrected chi connectivity index (χ3v) is 5.60. The molecule has 0 radical (unpaired) electrons. The number of nitrogens with zero attached hydrogens (tertiary/aromatic N) is 3. The first-order valence-electron chi connectivity index (χ1n) is 10.3. The topological polar surface area (TPSA) is 74.8 Å². The van der Waals surface area contributed by atoms with Gasteiger partial charge in [0.15, 0.2) is 11.5 Å². The Morgan fingerprint density at radius 3 is 2.45 bits per heavy atom. The van der Waals surface area contributed by atoms with Crippen molar-refractivity contribution in [1.82, 2.24) is 20.3 Å². The Balaban J connectivity index is 0.00000272. The van der Waals surface area contributed by atoms with Gasteiger partial charge in [0.05, 0.1) is 6.04 Å². The first-order chi connectivity index (χ1) is 14.5. The van der Waals surface area contributed by atoms with Crippen molar-refractivity contribution in [3.63, 3.8) is 0 Å². The van der Waals surface area contributed by atoms with Gasteiger partial charge in [0.25, 0.3) is 5.91 Å². The van der Waals surface area contributed by atoms with Gasteiger partial charge in [0.1, 0.15) is 11.5 Å². The van der Waals surface area contributed by atoms with Crippen molar-refractivity contribution in [1.29, 1.82) is 0 Å². The fourth-order valence-corrected chi connectivity index (χ4v) is 3.69. The van der Waals surface area contributed by atoms with Gasteiger partial charge < -0.3 is 19.2 Å². The van der Waals surface area contributed by atoms with Crippen LogP contribution in [0.1, 0.15) is 33.6 Å². The molecular formula is C23H29ClN4O3. The Kier molecular flexibility index (Phi) is 7.54. The number of halogens is 1. The van der Waals surface area contributed by atoms with Gasteiger partial charge >= 0.3 is 0 Å². The van der Waals surface area contributed by atoms with Crippen molar-refractivity contribution in [2.75, 3.05) is 39.8 Å². The van der Waals surface area contributed by atoms with Gasteiger partial charge in [-0.15, -0.1) is 12.4 Å². The van der Waals surface area contributed by atoms with Crippen molar-refractivity contribution in [3.05, 3.63) is 65.2 Å². The van der Waals surface area contributed by atoms with Crippen molar-refractivity contribution in [2.45, 2.75) is 19.9 Å². The molecule has 1 atom stereocenters. The fraction of sp³-hybridized carbons (Fsp3) is 0.391. The average molecular weight is 445 g/mol. The normalized spacial score (nSPS) is 16.0. The van der Waals surface area contributed by atoms with Gasteiger partial charge in [0, 0.05) is 44.4 Å². The van der Waals surface area contributed by atoms with Crippen molar-refractivity contribution >= 4 is 18.3 Å². The third-order valence-electron chi connectivity index (χ3n) is 5.60. The first kappa shape index (κ1) is 23.1. The molecule has 8 heteroatoms. The number of nitrogens with one attached hydrogen (secondary N) is 1. The van der Waals surface area contributed by atoms with Crippen LogP contribution in [0.25, 0.3) is 11.3 Å². The minimum absolute atomic E-state index is 0. The minimum atomic E-state index is -0.250. The lowest BCUT2D eigenvalue weighted by molar-refractivity contribution is 0.0843. The number of hydrogen-bond donors (Lipinski definition) is 1. The third kappa shape index (κ3) is 5.55. The predicted octanol–water partition coefficient (Wildman–Crippen LogP) is 3.69. The summed E-state index contributed by atoms with van der Waals surface area (Å²) in [5.41, 5.74) is 2.34. The van der Waals surface area contributed by atoms with Crippen molar-refractivity contribution in [3.8, 4) is 11.3 Å². The Morgan fingerprint density at radius 2 is 1.81 bits per heavy atom. The Labute approximate surface area is 188 Å². The number of aromatic nitrogens is 1. The summed E-state index contributed by atoms with van der Waals surface area (Å²) in [5, 5.41) is 6.97. The van der Waals surface area contributed by atoms with E-state index in [4.69, 9.17) is 8.94 Å². The number of furan rings is 1. The molecule has 0 aliphatic carbocycles. The number of aryl methyl sites for hydroxylation is 2.